The molecule has 1 fully saturated rings. The third-order valence-corrected chi connectivity index (χ3v) is 6.51. The molecule has 2 heterocycles. The molecule has 1 saturated carbocycles. The van der Waals surface area contributed by atoms with Crippen LogP contribution < -0.4 is 15.4 Å². The smallest absolute Gasteiger partial charge is 0.229 e. The van der Waals surface area contributed by atoms with Gasteiger partial charge in [-0.1, -0.05) is 11.6 Å². The van der Waals surface area contributed by atoms with Crippen LogP contribution in [-0.2, 0) is 4.74 Å². The minimum Gasteiger partial charge on any atom is -0.490 e. The molecule has 0 aliphatic heterocycles. The Balaban J connectivity index is 1.20. The highest BCUT2D eigenvalue weighted by atomic mass is 35.5. The summed E-state index contributed by atoms with van der Waals surface area (Å²) in [6, 6.07) is 17.2. The van der Waals surface area contributed by atoms with Crippen LogP contribution >= 0.6 is 11.6 Å². The van der Waals surface area contributed by atoms with Gasteiger partial charge < -0.3 is 20.1 Å². The van der Waals surface area contributed by atoms with Crippen molar-refractivity contribution < 1.29 is 9.47 Å². The molecule has 9 heteroatoms. The summed E-state index contributed by atoms with van der Waals surface area (Å²) in [6.07, 6.45) is 5.28. The highest BCUT2D eigenvalue weighted by molar-refractivity contribution is 6.31. The molecule has 2 N–H and O–H groups in total. The fourth-order valence-electron chi connectivity index (χ4n) is 4.20. The Morgan fingerprint density at radius 1 is 0.971 bits per heavy atom. The first-order chi connectivity index (χ1) is 16.9. The molecule has 2 aromatic carbocycles. The lowest BCUT2D eigenvalue weighted by Crippen LogP contribution is -2.59. The largest absolute Gasteiger partial charge is 0.490 e. The van der Waals surface area contributed by atoms with Crippen LogP contribution in [0.1, 0.15) is 12.8 Å². The average Bonchev–Trinajstić information content (AvgIpc) is 2.82. The van der Waals surface area contributed by atoms with Crippen LogP contribution in [0, 0.1) is 0 Å². The lowest BCUT2D eigenvalue weighted by atomic mass is 9.83. The molecule has 0 unspecified atom stereocenters. The lowest BCUT2D eigenvalue weighted by Gasteiger charge is -2.50. The Hall–Kier alpha value is -3.46. The van der Waals surface area contributed by atoms with Crippen LogP contribution in [0.4, 0.5) is 23.1 Å². The van der Waals surface area contributed by atoms with E-state index in [9.17, 15) is 0 Å². The summed E-state index contributed by atoms with van der Waals surface area (Å²) in [4.78, 5) is 15.5. The van der Waals surface area contributed by atoms with Gasteiger partial charge in [0.2, 0.25) is 5.95 Å². The van der Waals surface area contributed by atoms with Crippen LogP contribution in [0.3, 0.4) is 0 Å². The van der Waals surface area contributed by atoms with E-state index in [4.69, 9.17) is 21.1 Å². The number of nitrogens with one attached hydrogen (secondary N) is 2. The monoisotopic (exact) mass is 490 g/mol. The number of fused-ring (bicyclic) bond motifs is 1. The van der Waals surface area contributed by atoms with E-state index < -0.39 is 0 Å². The van der Waals surface area contributed by atoms with Gasteiger partial charge in [-0.05, 0) is 68.7 Å². The number of methoxy groups -OCH3 is 1. The number of aromatic nitrogens is 3. The van der Waals surface area contributed by atoms with Gasteiger partial charge in [-0.2, -0.15) is 4.98 Å². The SMILES string of the molecule is COC1(N(C)C)CC(Oc2ccc(Nc3nccc(Nc4cnc5ccc(Cl)cc5c4)n3)cc2)C1. The molecule has 0 bridgehead atoms. The average molecular weight is 491 g/mol. The fraction of sp³-hybridized carbons (Fsp3) is 0.269. The summed E-state index contributed by atoms with van der Waals surface area (Å²) < 4.78 is 11.8. The molecule has 1 aliphatic carbocycles. The van der Waals surface area contributed by atoms with E-state index in [0.29, 0.717) is 16.8 Å². The molecule has 35 heavy (non-hydrogen) atoms. The van der Waals surface area contributed by atoms with Crippen molar-refractivity contribution in [2.24, 2.45) is 0 Å². The number of hydrogen-bond donors (Lipinski definition) is 2. The quantitative estimate of drug-likeness (QED) is 0.308. The summed E-state index contributed by atoms with van der Waals surface area (Å²) in [7, 11) is 5.81. The Bertz CT molecular complexity index is 1330. The molecule has 8 nitrogen and oxygen atoms in total. The minimum atomic E-state index is -0.224. The lowest BCUT2D eigenvalue weighted by molar-refractivity contribution is -0.204. The van der Waals surface area contributed by atoms with Crippen molar-refractivity contribution in [2.75, 3.05) is 31.8 Å². The van der Waals surface area contributed by atoms with Gasteiger partial charge in [-0.15, -0.1) is 0 Å². The molecule has 0 spiro atoms. The van der Waals surface area contributed by atoms with Crippen molar-refractivity contribution in [1.29, 1.82) is 0 Å². The van der Waals surface area contributed by atoms with Crippen molar-refractivity contribution in [3.63, 3.8) is 0 Å². The van der Waals surface area contributed by atoms with E-state index in [1.54, 1.807) is 25.6 Å². The first-order valence-electron chi connectivity index (χ1n) is 11.3. The second kappa shape index (κ2) is 9.65. The number of anilines is 4. The van der Waals surface area contributed by atoms with Crippen molar-refractivity contribution >= 4 is 45.6 Å². The Kier molecular flexibility index (Phi) is 6.42. The summed E-state index contributed by atoms with van der Waals surface area (Å²) in [6.45, 7) is 0. The number of benzene rings is 2. The Morgan fingerprint density at radius 3 is 2.51 bits per heavy atom. The summed E-state index contributed by atoms with van der Waals surface area (Å²) in [5, 5.41) is 8.13. The highest BCUT2D eigenvalue weighted by Crippen LogP contribution is 2.39. The second-order valence-electron chi connectivity index (χ2n) is 8.79. The molecule has 4 aromatic rings. The number of pyridine rings is 1. The maximum absolute atomic E-state index is 6.11. The maximum Gasteiger partial charge on any atom is 0.229 e. The van der Waals surface area contributed by atoms with Gasteiger partial charge in [0.1, 0.15) is 23.4 Å². The predicted octanol–water partition coefficient (Wildman–Crippen LogP) is 5.61. The third-order valence-electron chi connectivity index (χ3n) is 6.27. The molecular weight excluding hydrogens is 464 g/mol. The zero-order chi connectivity index (χ0) is 24.4. The van der Waals surface area contributed by atoms with Crippen LogP contribution in [0.15, 0.2) is 67.0 Å². The molecule has 5 rings (SSSR count). The van der Waals surface area contributed by atoms with Crippen molar-refractivity contribution in [1.82, 2.24) is 19.9 Å². The van der Waals surface area contributed by atoms with E-state index in [0.717, 1.165) is 40.9 Å². The summed E-state index contributed by atoms with van der Waals surface area (Å²) in [5.41, 5.74) is 2.34. The number of hydrogen-bond acceptors (Lipinski definition) is 8. The first-order valence-corrected chi connectivity index (χ1v) is 11.7. The molecule has 180 valence electrons. The normalized spacial score (nSPS) is 19.4. The fourth-order valence-corrected chi connectivity index (χ4v) is 4.38. The molecule has 2 aromatic heterocycles. The van der Waals surface area contributed by atoms with Crippen molar-refractivity contribution in [3.8, 4) is 5.75 Å². The van der Waals surface area contributed by atoms with Crippen molar-refractivity contribution in [3.05, 3.63) is 72.0 Å². The number of nitrogens with zero attached hydrogens (tertiary/aromatic N) is 4. The molecule has 0 atom stereocenters. The second-order valence-corrected chi connectivity index (χ2v) is 9.23. The number of ether oxygens (including phenoxy) is 2. The number of halogens is 1. The van der Waals surface area contributed by atoms with E-state index in [2.05, 4.69) is 30.5 Å². The molecule has 0 radical (unpaired) electrons. The molecular formula is C26H27ClN6O2. The van der Waals surface area contributed by atoms with Crippen LogP contribution in [0.25, 0.3) is 10.9 Å². The third kappa shape index (κ3) is 5.14. The molecule has 0 saturated heterocycles. The Labute approximate surface area is 209 Å². The van der Waals surface area contributed by atoms with Gasteiger partial charge in [0, 0.05) is 42.2 Å². The van der Waals surface area contributed by atoms with E-state index in [1.165, 1.54) is 0 Å². The molecule has 0 amide bonds. The van der Waals surface area contributed by atoms with Gasteiger partial charge in [0.15, 0.2) is 0 Å². The maximum atomic E-state index is 6.11. The minimum absolute atomic E-state index is 0.142. The number of rotatable bonds is 8. The summed E-state index contributed by atoms with van der Waals surface area (Å²) >= 11 is 6.11. The van der Waals surface area contributed by atoms with Gasteiger partial charge in [-0.25, -0.2) is 4.98 Å². The highest BCUT2D eigenvalue weighted by Gasteiger charge is 2.48. The zero-order valence-electron chi connectivity index (χ0n) is 19.8. The predicted molar refractivity (Wildman–Crippen MR) is 139 cm³/mol. The summed E-state index contributed by atoms with van der Waals surface area (Å²) in [5.74, 6) is 1.96. The topological polar surface area (TPSA) is 84.4 Å². The Morgan fingerprint density at radius 2 is 1.77 bits per heavy atom. The van der Waals surface area contributed by atoms with Gasteiger partial charge in [0.05, 0.1) is 17.4 Å². The van der Waals surface area contributed by atoms with Gasteiger partial charge in [0.25, 0.3) is 0 Å². The first kappa shape index (κ1) is 23.3. The van der Waals surface area contributed by atoms with E-state index in [1.807, 2.05) is 62.6 Å². The van der Waals surface area contributed by atoms with Crippen LogP contribution in [0.5, 0.6) is 5.75 Å². The van der Waals surface area contributed by atoms with Crippen molar-refractivity contribution in [2.45, 2.75) is 24.7 Å². The van der Waals surface area contributed by atoms with E-state index >= 15 is 0 Å². The standard InChI is InChI=1S/C26H27ClN6O2/c1-33(2)26(34-3)14-22(15-26)35-21-7-5-19(6-8-21)31-25-28-11-10-24(32-25)30-20-13-17-12-18(27)4-9-23(17)29-16-20/h4-13,16,22H,14-15H2,1-3H3,(H2,28,30,31,32). The van der Waals surface area contributed by atoms with Crippen LogP contribution in [-0.4, -0.2) is 52.9 Å². The van der Waals surface area contributed by atoms with E-state index in [-0.39, 0.29) is 11.8 Å². The van der Waals surface area contributed by atoms with Gasteiger partial charge in [-0.3, -0.25) is 9.88 Å². The van der Waals surface area contributed by atoms with Crippen LogP contribution in [0.2, 0.25) is 5.02 Å². The van der Waals surface area contributed by atoms with Gasteiger partial charge >= 0.3 is 0 Å². The zero-order valence-corrected chi connectivity index (χ0v) is 20.6. The molecule has 1 aliphatic rings.